The fourth-order valence-electron chi connectivity index (χ4n) is 2.58. The summed E-state index contributed by atoms with van der Waals surface area (Å²) in [5.74, 6) is 0. The van der Waals surface area contributed by atoms with Crippen LogP contribution in [0.1, 0.15) is 33.6 Å². The Kier molecular flexibility index (Phi) is 4.98. The molecule has 1 N–H and O–H groups in total. The topological polar surface area (TPSA) is 73.7 Å². The Morgan fingerprint density at radius 2 is 2.04 bits per heavy atom. The van der Waals surface area contributed by atoms with Crippen molar-refractivity contribution in [3.05, 3.63) is 22.9 Å². The van der Waals surface area contributed by atoms with Gasteiger partial charge in [0.15, 0.2) is 0 Å². The third kappa shape index (κ3) is 4.43. The molecule has 0 atom stereocenters. The number of aromatic nitrogens is 1. The van der Waals surface area contributed by atoms with E-state index in [9.17, 15) is 14.7 Å². The third-order valence-electron chi connectivity index (χ3n) is 4.15. The van der Waals surface area contributed by atoms with E-state index in [1.165, 1.54) is 4.90 Å². The van der Waals surface area contributed by atoms with Crippen molar-refractivity contribution in [1.82, 2.24) is 9.88 Å². The second-order valence-electron chi connectivity index (χ2n) is 7.13. The maximum atomic E-state index is 11.5. The molecule has 1 aromatic rings. The lowest BCUT2D eigenvalue weighted by atomic mass is 10.00. The van der Waals surface area contributed by atoms with Gasteiger partial charge in [0.05, 0.1) is 11.9 Å². The summed E-state index contributed by atoms with van der Waals surface area (Å²) >= 11 is 3.35. The first-order chi connectivity index (χ1) is 10.7. The zero-order valence-electron chi connectivity index (χ0n) is 13.6. The molecule has 1 heterocycles. The summed E-state index contributed by atoms with van der Waals surface area (Å²) in [6.07, 6.45) is 4.98. The Balaban J connectivity index is 2.14. The van der Waals surface area contributed by atoms with Gasteiger partial charge in [-0.2, -0.15) is 0 Å². The second-order valence-corrected chi connectivity index (χ2v) is 8.05. The first-order valence-corrected chi connectivity index (χ1v) is 8.29. The Morgan fingerprint density at radius 1 is 1.39 bits per heavy atom. The maximum absolute atomic E-state index is 11.5. The van der Waals surface area contributed by atoms with Crippen LogP contribution in [0.25, 0.3) is 0 Å². The fraction of sp³-hybridized carbons (Fsp3) is 0.562. The Hall–Kier alpha value is -1.63. The minimum atomic E-state index is -0.925. The highest BCUT2D eigenvalue weighted by Crippen LogP contribution is 2.48. The average molecular weight is 384 g/mol. The molecule has 0 spiro atoms. The van der Waals surface area contributed by atoms with Gasteiger partial charge < -0.3 is 14.9 Å². The van der Waals surface area contributed by atoms with Gasteiger partial charge in [0.2, 0.25) is 6.41 Å². The summed E-state index contributed by atoms with van der Waals surface area (Å²) < 4.78 is 0.800. The van der Waals surface area contributed by atoms with Crippen molar-refractivity contribution in [1.29, 1.82) is 0 Å². The number of halogens is 1. The van der Waals surface area contributed by atoms with Gasteiger partial charge in [0.1, 0.15) is 0 Å². The maximum Gasteiger partial charge on any atom is 0.407 e. The number of carbonyl (C=O) groups excluding carboxylic acids is 1. The molecule has 0 aliphatic heterocycles. The average Bonchev–Trinajstić information content (AvgIpc) is 3.21. The molecule has 0 radical (unpaired) electrons. The standard InChI is InChI=1S/C16H22BrN3O3/c1-15(2,3)20(14(22)23)10-16(4-5-16)9-19(11-21)13-6-12(17)7-18-8-13/h6-8,11H,4-5,9-10H2,1-3H3,(H,22,23). The largest absolute Gasteiger partial charge is 0.465 e. The predicted molar refractivity (Wildman–Crippen MR) is 91.5 cm³/mol. The molecule has 1 aliphatic rings. The van der Waals surface area contributed by atoms with Crippen LogP contribution in [0.2, 0.25) is 0 Å². The van der Waals surface area contributed by atoms with Crippen LogP contribution in [0.5, 0.6) is 0 Å². The normalized spacial score (nSPS) is 15.8. The van der Waals surface area contributed by atoms with Crippen LogP contribution >= 0.6 is 15.9 Å². The van der Waals surface area contributed by atoms with Crippen molar-refractivity contribution in [2.45, 2.75) is 39.2 Å². The highest BCUT2D eigenvalue weighted by molar-refractivity contribution is 9.10. The van der Waals surface area contributed by atoms with Crippen molar-refractivity contribution in [3.8, 4) is 0 Å². The van der Waals surface area contributed by atoms with Crippen LogP contribution in [0.4, 0.5) is 10.5 Å². The van der Waals surface area contributed by atoms with E-state index in [0.717, 1.165) is 23.7 Å². The number of carboxylic acid groups (broad SMARTS) is 1. The zero-order valence-corrected chi connectivity index (χ0v) is 15.2. The molecule has 6 nitrogen and oxygen atoms in total. The molecule has 1 aromatic heterocycles. The molecular formula is C16H22BrN3O3. The molecule has 126 valence electrons. The molecule has 0 unspecified atom stereocenters. The minimum Gasteiger partial charge on any atom is -0.465 e. The Morgan fingerprint density at radius 3 is 2.48 bits per heavy atom. The van der Waals surface area contributed by atoms with Gasteiger partial charge in [-0.15, -0.1) is 0 Å². The lowest BCUT2D eigenvalue weighted by molar-refractivity contribution is -0.107. The Bertz CT molecular complexity index is 596. The molecule has 1 aliphatic carbocycles. The smallest absolute Gasteiger partial charge is 0.407 e. The SMILES string of the molecule is CC(C)(C)N(CC1(CN(C=O)c2cncc(Br)c2)CC1)C(=O)O. The number of rotatable bonds is 6. The van der Waals surface area contributed by atoms with Crippen molar-refractivity contribution < 1.29 is 14.7 Å². The van der Waals surface area contributed by atoms with E-state index >= 15 is 0 Å². The fourth-order valence-corrected chi connectivity index (χ4v) is 2.93. The molecule has 0 bridgehead atoms. The predicted octanol–water partition coefficient (Wildman–Crippen LogP) is 3.37. The van der Waals surface area contributed by atoms with Crippen LogP contribution in [0.15, 0.2) is 22.9 Å². The molecule has 0 aromatic carbocycles. The van der Waals surface area contributed by atoms with Crippen molar-refractivity contribution >= 4 is 34.1 Å². The summed E-state index contributed by atoms with van der Waals surface area (Å²) in [6, 6.07) is 1.83. The number of pyridine rings is 1. The van der Waals surface area contributed by atoms with Crippen molar-refractivity contribution in [3.63, 3.8) is 0 Å². The van der Waals surface area contributed by atoms with Gasteiger partial charge >= 0.3 is 6.09 Å². The lowest BCUT2D eigenvalue weighted by Crippen LogP contribution is -2.49. The summed E-state index contributed by atoms with van der Waals surface area (Å²) in [7, 11) is 0. The van der Waals surface area contributed by atoms with Gasteiger partial charge in [0.25, 0.3) is 0 Å². The van der Waals surface area contributed by atoms with Gasteiger partial charge in [-0.25, -0.2) is 4.79 Å². The first kappa shape index (κ1) is 17.7. The van der Waals surface area contributed by atoms with Crippen LogP contribution in [-0.4, -0.2) is 46.1 Å². The van der Waals surface area contributed by atoms with E-state index in [2.05, 4.69) is 20.9 Å². The number of carbonyl (C=O) groups is 2. The van der Waals surface area contributed by atoms with Crippen molar-refractivity contribution in [2.24, 2.45) is 5.41 Å². The van der Waals surface area contributed by atoms with Crippen LogP contribution in [-0.2, 0) is 4.79 Å². The molecule has 2 rings (SSSR count). The van der Waals surface area contributed by atoms with Gasteiger partial charge in [-0.05, 0) is 55.6 Å². The van der Waals surface area contributed by atoms with Crippen LogP contribution in [0.3, 0.4) is 0 Å². The van der Waals surface area contributed by atoms with Gasteiger partial charge in [-0.3, -0.25) is 9.78 Å². The molecule has 2 amide bonds. The highest BCUT2D eigenvalue weighted by Gasteiger charge is 2.48. The number of anilines is 1. The summed E-state index contributed by atoms with van der Waals surface area (Å²) in [5.41, 5.74) is 0.0675. The van der Waals surface area contributed by atoms with E-state index in [0.29, 0.717) is 18.8 Å². The van der Waals surface area contributed by atoms with E-state index < -0.39 is 11.6 Å². The minimum absolute atomic E-state index is 0.172. The van der Waals surface area contributed by atoms with E-state index in [1.807, 2.05) is 26.8 Å². The number of nitrogens with zero attached hydrogens (tertiary/aromatic N) is 3. The van der Waals surface area contributed by atoms with Crippen LogP contribution < -0.4 is 4.90 Å². The van der Waals surface area contributed by atoms with Crippen molar-refractivity contribution in [2.75, 3.05) is 18.0 Å². The molecule has 7 heteroatoms. The summed E-state index contributed by atoms with van der Waals surface area (Å²) in [5, 5.41) is 9.47. The summed E-state index contributed by atoms with van der Waals surface area (Å²) in [4.78, 5) is 30.2. The third-order valence-corrected chi connectivity index (χ3v) is 4.58. The lowest BCUT2D eigenvalue weighted by Gasteiger charge is -2.37. The van der Waals surface area contributed by atoms with Crippen LogP contribution in [0, 0.1) is 5.41 Å². The highest BCUT2D eigenvalue weighted by atomic mass is 79.9. The zero-order chi connectivity index (χ0) is 17.3. The van der Waals surface area contributed by atoms with E-state index in [4.69, 9.17) is 0 Å². The molecule has 23 heavy (non-hydrogen) atoms. The number of amides is 2. The molecule has 1 saturated carbocycles. The summed E-state index contributed by atoms with van der Waals surface area (Å²) in [6.45, 7) is 6.57. The first-order valence-electron chi connectivity index (χ1n) is 7.50. The van der Waals surface area contributed by atoms with E-state index in [1.54, 1.807) is 17.3 Å². The second kappa shape index (κ2) is 6.47. The number of hydrogen-bond acceptors (Lipinski definition) is 3. The number of hydrogen-bond donors (Lipinski definition) is 1. The quantitative estimate of drug-likeness (QED) is 0.764. The molecule has 0 saturated heterocycles. The monoisotopic (exact) mass is 383 g/mol. The van der Waals surface area contributed by atoms with Gasteiger partial charge in [-0.1, -0.05) is 0 Å². The molecule has 1 fully saturated rings. The Labute approximate surface area is 144 Å². The molecular weight excluding hydrogens is 362 g/mol. The van der Waals surface area contributed by atoms with Gasteiger partial charge in [0, 0.05) is 34.7 Å². The van der Waals surface area contributed by atoms with E-state index in [-0.39, 0.29) is 5.41 Å².